The van der Waals surface area contributed by atoms with E-state index in [0.29, 0.717) is 50.5 Å². The summed E-state index contributed by atoms with van der Waals surface area (Å²) in [6, 6.07) is 5.01. The molecule has 1 saturated heterocycles. The van der Waals surface area contributed by atoms with Crippen LogP contribution in [0.5, 0.6) is 0 Å². The SMILES string of the molecule is CCCCC(=O)Nc1ccc(N2CCN(CC(=O)NC(C)(C)C)CC2)c(C(=O)O)c1.O=C(O)C(F)(F)F. The number of carboxylic acids is 2. The van der Waals surface area contributed by atoms with Crippen LogP contribution in [0.25, 0.3) is 0 Å². The number of hydrogen-bond donors (Lipinski definition) is 4. The van der Waals surface area contributed by atoms with Crippen molar-refractivity contribution < 1.29 is 42.6 Å². The third-order valence-electron chi connectivity index (χ3n) is 5.11. The van der Waals surface area contributed by atoms with E-state index in [1.54, 1.807) is 12.1 Å². The predicted molar refractivity (Wildman–Crippen MR) is 132 cm³/mol. The van der Waals surface area contributed by atoms with Gasteiger partial charge in [0.05, 0.1) is 17.8 Å². The van der Waals surface area contributed by atoms with E-state index in [2.05, 4.69) is 15.5 Å². The molecule has 0 aliphatic carbocycles. The molecule has 37 heavy (non-hydrogen) atoms. The number of nitrogens with one attached hydrogen (secondary N) is 2. The zero-order valence-corrected chi connectivity index (χ0v) is 21.4. The Labute approximate surface area is 213 Å². The third kappa shape index (κ3) is 12.0. The molecule has 1 aliphatic heterocycles. The number of piperazine rings is 1. The minimum absolute atomic E-state index is 0.00894. The Balaban J connectivity index is 0.000000856. The van der Waals surface area contributed by atoms with E-state index in [1.807, 2.05) is 32.6 Å². The fraction of sp³-hybridized carbons (Fsp3) is 0.583. The fourth-order valence-corrected chi connectivity index (χ4v) is 3.43. The molecule has 0 saturated carbocycles. The lowest BCUT2D eigenvalue weighted by Gasteiger charge is -2.36. The van der Waals surface area contributed by atoms with Crippen LogP contribution in [-0.4, -0.2) is 83.3 Å². The van der Waals surface area contributed by atoms with Crippen LogP contribution in [0.2, 0.25) is 0 Å². The van der Waals surface area contributed by atoms with Gasteiger partial charge in [0.1, 0.15) is 0 Å². The van der Waals surface area contributed by atoms with Gasteiger partial charge in [-0.1, -0.05) is 13.3 Å². The van der Waals surface area contributed by atoms with Crippen molar-refractivity contribution in [2.45, 2.75) is 58.7 Å². The highest BCUT2D eigenvalue weighted by Crippen LogP contribution is 2.26. The van der Waals surface area contributed by atoms with Gasteiger partial charge in [-0.15, -0.1) is 0 Å². The van der Waals surface area contributed by atoms with Crippen molar-refractivity contribution in [3.05, 3.63) is 23.8 Å². The Morgan fingerprint density at radius 3 is 2.00 bits per heavy atom. The lowest BCUT2D eigenvalue weighted by atomic mass is 10.1. The first kappa shape index (κ1) is 31.7. The van der Waals surface area contributed by atoms with Crippen LogP contribution in [-0.2, 0) is 14.4 Å². The summed E-state index contributed by atoms with van der Waals surface area (Å²) in [6.45, 7) is 10.8. The van der Waals surface area contributed by atoms with Gasteiger partial charge < -0.3 is 25.7 Å². The third-order valence-corrected chi connectivity index (χ3v) is 5.11. The smallest absolute Gasteiger partial charge is 0.478 e. The summed E-state index contributed by atoms with van der Waals surface area (Å²) >= 11 is 0. The highest BCUT2D eigenvalue weighted by molar-refractivity contribution is 5.98. The Bertz CT molecular complexity index is 955. The van der Waals surface area contributed by atoms with Gasteiger partial charge in [-0.2, -0.15) is 13.2 Å². The highest BCUT2D eigenvalue weighted by atomic mass is 19.4. The van der Waals surface area contributed by atoms with Crippen molar-refractivity contribution in [2.24, 2.45) is 0 Å². The molecular formula is C24H35F3N4O6. The van der Waals surface area contributed by atoms with E-state index >= 15 is 0 Å². The lowest BCUT2D eigenvalue weighted by molar-refractivity contribution is -0.192. The Morgan fingerprint density at radius 2 is 1.54 bits per heavy atom. The highest BCUT2D eigenvalue weighted by Gasteiger charge is 2.38. The van der Waals surface area contributed by atoms with Gasteiger partial charge in [0.25, 0.3) is 0 Å². The first-order valence-corrected chi connectivity index (χ1v) is 11.8. The number of nitrogens with zero attached hydrogens (tertiary/aromatic N) is 2. The first-order chi connectivity index (χ1) is 17.0. The second-order valence-electron chi connectivity index (χ2n) is 9.55. The number of benzene rings is 1. The van der Waals surface area contributed by atoms with Crippen LogP contribution in [0.15, 0.2) is 18.2 Å². The maximum Gasteiger partial charge on any atom is 0.490 e. The molecule has 1 fully saturated rings. The van der Waals surface area contributed by atoms with Crippen LogP contribution in [0, 0.1) is 0 Å². The maximum absolute atomic E-state index is 12.1. The number of aliphatic carboxylic acids is 1. The molecule has 0 aromatic heterocycles. The minimum Gasteiger partial charge on any atom is -0.478 e. The van der Waals surface area contributed by atoms with E-state index in [-0.39, 0.29) is 22.9 Å². The molecule has 0 bridgehead atoms. The van der Waals surface area contributed by atoms with E-state index in [0.717, 1.165) is 12.8 Å². The van der Waals surface area contributed by atoms with Gasteiger partial charge in [-0.3, -0.25) is 14.5 Å². The molecule has 0 radical (unpaired) electrons. The number of amides is 2. The number of unbranched alkanes of at least 4 members (excludes halogenated alkanes) is 1. The minimum atomic E-state index is -5.08. The summed E-state index contributed by atoms with van der Waals surface area (Å²) < 4.78 is 31.7. The van der Waals surface area contributed by atoms with Gasteiger partial charge >= 0.3 is 18.1 Å². The normalized spacial score (nSPS) is 14.3. The summed E-state index contributed by atoms with van der Waals surface area (Å²) in [7, 11) is 0. The van der Waals surface area contributed by atoms with Gasteiger partial charge in [0.2, 0.25) is 11.8 Å². The molecule has 10 nitrogen and oxygen atoms in total. The van der Waals surface area contributed by atoms with Crippen LogP contribution in [0.3, 0.4) is 0 Å². The first-order valence-electron chi connectivity index (χ1n) is 11.8. The second kappa shape index (κ2) is 13.8. The van der Waals surface area contributed by atoms with Gasteiger partial charge in [-0.25, -0.2) is 9.59 Å². The van der Waals surface area contributed by atoms with Gasteiger partial charge in [-0.05, 0) is 45.4 Å². The zero-order chi connectivity index (χ0) is 28.4. The molecule has 13 heteroatoms. The van der Waals surface area contributed by atoms with Crippen molar-refractivity contribution in [2.75, 3.05) is 42.9 Å². The van der Waals surface area contributed by atoms with E-state index < -0.39 is 18.1 Å². The molecule has 1 heterocycles. The molecule has 1 aliphatic rings. The van der Waals surface area contributed by atoms with E-state index in [1.165, 1.54) is 6.07 Å². The van der Waals surface area contributed by atoms with Gasteiger partial charge in [0, 0.05) is 43.8 Å². The van der Waals surface area contributed by atoms with Crippen molar-refractivity contribution in [1.29, 1.82) is 0 Å². The average molecular weight is 533 g/mol. The second-order valence-corrected chi connectivity index (χ2v) is 9.55. The number of rotatable bonds is 8. The van der Waals surface area contributed by atoms with Crippen LogP contribution in [0.1, 0.15) is 57.3 Å². The number of alkyl halides is 3. The topological polar surface area (TPSA) is 139 Å². The average Bonchev–Trinajstić information content (AvgIpc) is 2.76. The van der Waals surface area contributed by atoms with Crippen LogP contribution >= 0.6 is 0 Å². The Morgan fingerprint density at radius 1 is 0.973 bits per heavy atom. The van der Waals surface area contributed by atoms with Crippen molar-refractivity contribution in [3.8, 4) is 0 Å². The summed E-state index contributed by atoms with van der Waals surface area (Å²) in [6.07, 6.45) is -2.93. The maximum atomic E-state index is 12.1. The number of carbonyl (C=O) groups excluding carboxylic acids is 2. The molecule has 208 valence electrons. The molecule has 1 aromatic rings. The molecular weight excluding hydrogens is 497 g/mol. The van der Waals surface area contributed by atoms with Gasteiger partial charge in [0.15, 0.2) is 0 Å². The quantitative estimate of drug-likeness (QED) is 0.400. The van der Waals surface area contributed by atoms with Crippen molar-refractivity contribution in [1.82, 2.24) is 10.2 Å². The number of carbonyl (C=O) groups is 4. The van der Waals surface area contributed by atoms with Crippen LogP contribution < -0.4 is 15.5 Å². The Hall–Kier alpha value is -3.35. The largest absolute Gasteiger partial charge is 0.490 e. The summed E-state index contributed by atoms with van der Waals surface area (Å²) in [5, 5.41) is 22.5. The van der Waals surface area contributed by atoms with E-state index in [4.69, 9.17) is 9.90 Å². The summed E-state index contributed by atoms with van der Waals surface area (Å²) in [4.78, 5) is 48.9. The number of hydrogen-bond acceptors (Lipinski definition) is 6. The molecule has 1 aromatic carbocycles. The molecule has 2 amide bonds. The molecule has 4 N–H and O–H groups in total. The summed E-state index contributed by atoms with van der Waals surface area (Å²) in [5.41, 5.74) is 1.04. The molecule has 0 atom stereocenters. The van der Waals surface area contributed by atoms with Crippen molar-refractivity contribution in [3.63, 3.8) is 0 Å². The number of anilines is 2. The fourth-order valence-electron chi connectivity index (χ4n) is 3.43. The van der Waals surface area contributed by atoms with Crippen LogP contribution in [0.4, 0.5) is 24.5 Å². The predicted octanol–water partition coefficient (Wildman–Crippen LogP) is 3.18. The standard InChI is InChI=1S/C22H34N4O4.C2HF3O2/c1-5-6-7-19(27)23-16-8-9-18(17(14-16)21(29)30)26-12-10-25(11-13-26)15-20(28)24-22(2,3)4;3-2(4,5)1(6)7/h8-9,14H,5-7,10-13,15H2,1-4H3,(H,23,27)(H,24,28)(H,29,30);(H,6,7). The monoisotopic (exact) mass is 532 g/mol. The number of carboxylic acid groups (broad SMARTS) is 2. The zero-order valence-electron chi connectivity index (χ0n) is 21.4. The lowest BCUT2D eigenvalue weighted by Crippen LogP contribution is -2.52. The number of aromatic carboxylic acids is 1. The van der Waals surface area contributed by atoms with E-state index in [9.17, 15) is 32.7 Å². The molecule has 2 rings (SSSR count). The molecule has 0 spiro atoms. The Kier molecular flexibility index (Phi) is 11.8. The number of halogens is 3. The molecule has 0 unspecified atom stereocenters. The summed E-state index contributed by atoms with van der Waals surface area (Å²) in [5.74, 6) is -3.90. The van der Waals surface area contributed by atoms with Crippen molar-refractivity contribution >= 4 is 35.1 Å².